The summed E-state index contributed by atoms with van der Waals surface area (Å²) in [6.07, 6.45) is 1.08. The highest BCUT2D eigenvalue weighted by molar-refractivity contribution is 6.07. The highest BCUT2D eigenvalue weighted by atomic mass is 16.5. The van der Waals surface area contributed by atoms with Gasteiger partial charge in [-0.1, -0.05) is 31.2 Å². The molecule has 2 aliphatic heterocycles. The molecule has 1 atom stereocenters. The topological polar surface area (TPSA) is 91.0 Å². The van der Waals surface area contributed by atoms with Gasteiger partial charge in [-0.15, -0.1) is 0 Å². The number of morpholine rings is 1. The van der Waals surface area contributed by atoms with E-state index in [0.29, 0.717) is 37.6 Å². The second-order valence-electron chi connectivity index (χ2n) is 8.67. The Bertz CT molecular complexity index is 1020. The van der Waals surface area contributed by atoms with E-state index in [2.05, 4.69) is 22.5 Å². The van der Waals surface area contributed by atoms with Crippen molar-refractivity contribution in [3.05, 3.63) is 59.7 Å². The summed E-state index contributed by atoms with van der Waals surface area (Å²) in [5.41, 5.74) is 2.87. The SMILES string of the molecule is CCc1ccc(N2C[C@H](C(=O)Nc3ccccc3C(=O)NCCN3CCOCC3)CC2=O)cc1. The highest BCUT2D eigenvalue weighted by Crippen LogP contribution is 2.27. The number of nitrogens with zero attached hydrogens (tertiary/aromatic N) is 2. The molecule has 8 nitrogen and oxygen atoms in total. The summed E-state index contributed by atoms with van der Waals surface area (Å²) >= 11 is 0. The number of rotatable bonds is 8. The van der Waals surface area contributed by atoms with Crippen LogP contribution in [0.3, 0.4) is 0 Å². The fourth-order valence-corrected chi connectivity index (χ4v) is 4.32. The smallest absolute Gasteiger partial charge is 0.253 e. The molecule has 2 fully saturated rings. The molecule has 3 amide bonds. The molecular formula is C26H32N4O4. The van der Waals surface area contributed by atoms with Crippen LogP contribution >= 0.6 is 0 Å². The van der Waals surface area contributed by atoms with E-state index >= 15 is 0 Å². The lowest BCUT2D eigenvalue weighted by Gasteiger charge is -2.26. The number of carbonyl (C=O) groups is 3. The molecule has 2 aliphatic rings. The number of para-hydroxylation sites is 1. The number of aryl methyl sites for hydroxylation is 1. The van der Waals surface area contributed by atoms with Gasteiger partial charge < -0.3 is 20.3 Å². The van der Waals surface area contributed by atoms with Crippen molar-refractivity contribution < 1.29 is 19.1 Å². The summed E-state index contributed by atoms with van der Waals surface area (Å²) in [7, 11) is 0. The molecule has 0 spiro atoms. The Morgan fingerprint density at radius 3 is 2.53 bits per heavy atom. The summed E-state index contributed by atoms with van der Waals surface area (Å²) in [6, 6.07) is 14.8. The van der Waals surface area contributed by atoms with Gasteiger partial charge in [-0.2, -0.15) is 0 Å². The van der Waals surface area contributed by atoms with Gasteiger partial charge in [0.25, 0.3) is 5.91 Å². The highest BCUT2D eigenvalue weighted by Gasteiger charge is 2.35. The number of hydrogen-bond acceptors (Lipinski definition) is 5. The predicted molar refractivity (Wildman–Crippen MR) is 131 cm³/mol. The molecule has 34 heavy (non-hydrogen) atoms. The van der Waals surface area contributed by atoms with Gasteiger partial charge in [0.15, 0.2) is 0 Å². The Balaban J connectivity index is 1.34. The number of anilines is 2. The number of benzene rings is 2. The van der Waals surface area contributed by atoms with E-state index in [9.17, 15) is 14.4 Å². The van der Waals surface area contributed by atoms with E-state index in [1.807, 2.05) is 24.3 Å². The van der Waals surface area contributed by atoms with Crippen LogP contribution < -0.4 is 15.5 Å². The molecule has 0 aliphatic carbocycles. The average Bonchev–Trinajstić information content (AvgIpc) is 3.26. The summed E-state index contributed by atoms with van der Waals surface area (Å²) in [4.78, 5) is 42.3. The first-order chi connectivity index (χ1) is 16.5. The molecule has 2 N–H and O–H groups in total. The molecule has 0 saturated carbocycles. The summed E-state index contributed by atoms with van der Waals surface area (Å²) in [6.45, 7) is 6.84. The minimum absolute atomic E-state index is 0.0708. The van der Waals surface area contributed by atoms with Gasteiger partial charge in [-0.05, 0) is 36.2 Å². The van der Waals surface area contributed by atoms with E-state index in [1.165, 1.54) is 5.56 Å². The number of nitrogens with one attached hydrogen (secondary N) is 2. The lowest BCUT2D eigenvalue weighted by Crippen LogP contribution is -2.41. The van der Waals surface area contributed by atoms with Crippen LogP contribution in [0.5, 0.6) is 0 Å². The normalized spacial score (nSPS) is 18.7. The molecule has 2 saturated heterocycles. The van der Waals surface area contributed by atoms with Crippen LogP contribution in [0.2, 0.25) is 0 Å². The van der Waals surface area contributed by atoms with Crippen molar-refractivity contribution in [3.63, 3.8) is 0 Å². The Morgan fingerprint density at radius 2 is 1.79 bits per heavy atom. The Kier molecular flexibility index (Phi) is 7.92. The maximum Gasteiger partial charge on any atom is 0.253 e. The van der Waals surface area contributed by atoms with Crippen LogP contribution in [0.4, 0.5) is 11.4 Å². The number of ether oxygens (including phenoxy) is 1. The van der Waals surface area contributed by atoms with Crippen molar-refractivity contribution in [3.8, 4) is 0 Å². The molecule has 0 aromatic heterocycles. The van der Waals surface area contributed by atoms with Gasteiger partial charge in [-0.25, -0.2) is 0 Å². The third kappa shape index (κ3) is 5.81. The second-order valence-corrected chi connectivity index (χ2v) is 8.67. The van der Waals surface area contributed by atoms with Gasteiger partial charge in [0, 0.05) is 44.8 Å². The van der Waals surface area contributed by atoms with Gasteiger partial charge in [0.1, 0.15) is 0 Å². The third-order valence-electron chi connectivity index (χ3n) is 6.40. The van der Waals surface area contributed by atoms with Crippen LogP contribution in [0, 0.1) is 5.92 Å². The first-order valence-electron chi connectivity index (χ1n) is 11.9. The molecule has 2 aromatic rings. The van der Waals surface area contributed by atoms with Crippen molar-refractivity contribution in [2.75, 3.05) is 56.2 Å². The molecule has 0 bridgehead atoms. The lowest BCUT2D eigenvalue weighted by molar-refractivity contribution is -0.122. The summed E-state index contributed by atoms with van der Waals surface area (Å²) < 4.78 is 5.35. The number of carbonyl (C=O) groups excluding carboxylic acids is 3. The van der Waals surface area contributed by atoms with Gasteiger partial charge in [-0.3, -0.25) is 19.3 Å². The lowest BCUT2D eigenvalue weighted by atomic mass is 10.1. The van der Waals surface area contributed by atoms with E-state index < -0.39 is 5.92 Å². The summed E-state index contributed by atoms with van der Waals surface area (Å²) in [5.74, 6) is -1.03. The molecule has 4 rings (SSSR count). The zero-order chi connectivity index (χ0) is 23.9. The molecule has 2 heterocycles. The largest absolute Gasteiger partial charge is 0.379 e. The predicted octanol–water partition coefficient (Wildman–Crippen LogP) is 2.30. The zero-order valence-electron chi connectivity index (χ0n) is 19.6. The van der Waals surface area contributed by atoms with Crippen LogP contribution in [0.25, 0.3) is 0 Å². The number of hydrogen-bond donors (Lipinski definition) is 2. The standard InChI is InChI=1S/C26H32N4O4/c1-2-19-7-9-21(10-8-19)30-18-20(17-24(30)31)25(32)28-23-6-4-3-5-22(23)26(33)27-11-12-29-13-15-34-16-14-29/h3-10,20H,2,11-18H2,1H3,(H,27,33)(H,28,32)/t20-/m1/s1. The summed E-state index contributed by atoms with van der Waals surface area (Å²) in [5, 5.41) is 5.82. The Hall–Kier alpha value is -3.23. The van der Waals surface area contributed by atoms with Crippen molar-refractivity contribution in [2.45, 2.75) is 19.8 Å². The Morgan fingerprint density at radius 1 is 1.06 bits per heavy atom. The molecular weight excluding hydrogens is 432 g/mol. The monoisotopic (exact) mass is 464 g/mol. The van der Waals surface area contributed by atoms with Crippen molar-refractivity contribution in [1.29, 1.82) is 0 Å². The molecule has 0 unspecified atom stereocenters. The quantitative estimate of drug-likeness (QED) is 0.626. The maximum atomic E-state index is 13.0. The van der Waals surface area contributed by atoms with Crippen molar-refractivity contribution >= 4 is 29.1 Å². The molecule has 8 heteroatoms. The molecule has 0 radical (unpaired) electrons. The fourth-order valence-electron chi connectivity index (χ4n) is 4.32. The van der Waals surface area contributed by atoms with Gasteiger partial charge >= 0.3 is 0 Å². The molecule has 180 valence electrons. The van der Waals surface area contributed by atoms with E-state index in [0.717, 1.165) is 31.7 Å². The van der Waals surface area contributed by atoms with Crippen LogP contribution in [0.1, 0.15) is 29.3 Å². The van der Waals surface area contributed by atoms with E-state index in [4.69, 9.17) is 4.74 Å². The van der Waals surface area contributed by atoms with E-state index in [1.54, 1.807) is 29.2 Å². The van der Waals surface area contributed by atoms with Crippen molar-refractivity contribution in [2.24, 2.45) is 5.92 Å². The fraction of sp³-hybridized carbons (Fsp3) is 0.423. The van der Waals surface area contributed by atoms with E-state index in [-0.39, 0.29) is 24.1 Å². The van der Waals surface area contributed by atoms with Gasteiger partial charge in [0.2, 0.25) is 11.8 Å². The average molecular weight is 465 g/mol. The minimum atomic E-state index is -0.476. The van der Waals surface area contributed by atoms with Crippen molar-refractivity contribution in [1.82, 2.24) is 10.2 Å². The van der Waals surface area contributed by atoms with Crippen LogP contribution in [-0.4, -0.2) is 68.6 Å². The van der Waals surface area contributed by atoms with Crippen LogP contribution in [0.15, 0.2) is 48.5 Å². The number of amides is 3. The maximum absolute atomic E-state index is 13.0. The third-order valence-corrected chi connectivity index (χ3v) is 6.40. The zero-order valence-corrected chi connectivity index (χ0v) is 19.6. The van der Waals surface area contributed by atoms with Gasteiger partial charge in [0.05, 0.1) is 30.4 Å². The first-order valence-corrected chi connectivity index (χ1v) is 11.9. The Labute approximate surface area is 200 Å². The molecule has 2 aromatic carbocycles. The minimum Gasteiger partial charge on any atom is -0.379 e. The second kappa shape index (κ2) is 11.3. The van der Waals surface area contributed by atoms with Crippen LogP contribution in [-0.2, 0) is 20.7 Å². The first kappa shape index (κ1) is 23.9.